The summed E-state index contributed by atoms with van der Waals surface area (Å²) in [4.78, 5) is 12.6. The molecule has 6 heteroatoms. The number of nitrogens with zero attached hydrogens (tertiary/aromatic N) is 2. The second-order valence-electron chi connectivity index (χ2n) is 5.80. The smallest absolute Gasteiger partial charge is 0.276 e. The average molecular weight is 315 g/mol. The van der Waals surface area contributed by atoms with Crippen LogP contribution in [-0.2, 0) is 17.8 Å². The van der Waals surface area contributed by atoms with E-state index in [4.69, 9.17) is 9.47 Å². The van der Waals surface area contributed by atoms with E-state index in [0.29, 0.717) is 30.3 Å². The lowest BCUT2D eigenvalue weighted by atomic mass is 10.1. The van der Waals surface area contributed by atoms with Crippen molar-refractivity contribution in [3.8, 4) is 5.75 Å². The topological polar surface area (TPSA) is 65.4 Å². The van der Waals surface area contributed by atoms with Crippen molar-refractivity contribution < 1.29 is 14.3 Å². The quantitative estimate of drug-likeness (QED) is 0.942. The minimum Gasteiger partial charge on any atom is -0.497 e. The molecule has 0 bridgehead atoms. The van der Waals surface area contributed by atoms with Crippen LogP contribution in [0.1, 0.15) is 41.6 Å². The second-order valence-corrected chi connectivity index (χ2v) is 5.80. The van der Waals surface area contributed by atoms with Gasteiger partial charge in [-0.25, -0.2) is 0 Å². The van der Waals surface area contributed by atoms with Gasteiger partial charge in [-0.1, -0.05) is 6.07 Å². The zero-order chi connectivity index (χ0) is 16.4. The minimum absolute atomic E-state index is 0.209. The maximum absolute atomic E-state index is 12.6. The largest absolute Gasteiger partial charge is 0.497 e. The van der Waals surface area contributed by atoms with Crippen LogP contribution in [0.25, 0.3) is 0 Å². The van der Waals surface area contributed by atoms with E-state index in [1.807, 2.05) is 22.9 Å². The first-order valence-corrected chi connectivity index (χ1v) is 7.73. The molecule has 1 amide bonds. The van der Waals surface area contributed by atoms with Gasteiger partial charge in [-0.3, -0.25) is 9.48 Å². The molecule has 0 unspecified atom stereocenters. The number of carbonyl (C=O) groups excluding carboxylic acids is 1. The van der Waals surface area contributed by atoms with Crippen molar-refractivity contribution in [1.82, 2.24) is 9.78 Å². The Balaban J connectivity index is 1.90. The van der Waals surface area contributed by atoms with Gasteiger partial charge in [0.1, 0.15) is 5.75 Å². The van der Waals surface area contributed by atoms with Crippen molar-refractivity contribution in [2.45, 2.75) is 32.9 Å². The summed E-state index contributed by atoms with van der Waals surface area (Å²) in [5.74, 6) is 0.472. The van der Waals surface area contributed by atoms with Gasteiger partial charge in [-0.05, 0) is 26.0 Å². The van der Waals surface area contributed by atoms with E-state index in [9.17, 15) is 4.79 Å². The van der Waals surface area contributed by atoms with Gasteiger partial charge in [0.25, 0.3) is 5.91 Å². The van der Waals surface area contributed by atoms with Gasteiger partial charge in [-0.2, -0.15) is 5.10 Å². The molecule has 3 rings (SSSR count). The van der Waals surface area contributed by atoms with Crippen molar-refractivity contribution >= 4 is 11.6 Å². The third kappa shape index (κ3) is 3.07. The molecule has 0 spiro atoms. The van der Waals surface area contributed by atoms with Gasteiger partial charge in [0.05, 0.1) is 20.3 Å². The summed E-state index contributed by atoms with van der Waals surface area (Å²) < 4.78 is 12.6. The van der Waals surface area contributed by atoms with Gasteiger partial charge >= 0.3 is 0 Å². The Morgan fingerprint density at radius 2 is 2.26 bits per heavy atom. The maximum atomic E-state index is 12.6. The lowest BCUT2D eigenvalue weighted by Crippen LogP contribution is -2.17. The predicted octanol–water partition coefficient (Wildman–Crippen LogP) is 2.80. The Bertz CT molecular complexity index is 722. The lowest BCUT2D eigenvalue weighted by molar-refractivity contribution is 0.0984. The van der Waals surface area contributed by atoms with Crippen LogP contribution in [0, 0.1) is 0 Å². The number of amides is 1. The first-order valence-electron chi connectivity index (χ1n) is 7.73. The summed E-state index contributed by atoms with van der Waals surface area (Å²) in [7, 11) is 1.60. The molecule has 2 heterocycles. The van der Waals surface area contributed by atoms with E-state index in [-0.39, 0.29) is 11.9 Å². The van der Waals surface area contributed by atoms with E-state index in [0.717, 1.165) is 17.7 Å². The number of anilines is 1. The van der Waals surface area contributed by atoms with Gasteiger partial charge in [0, 0.05) is 35.5 Å². The summed E-state index contributed by atoms with van der Waals surface area (Å²) in [6.07, 6.45) is 0.785. The van der Waals surface area contributed by atoms with Crippen LogP contribution in [0.4, 0.5) is 5.69 Å². The fourth-order valence-electron chi connectivity index (χ4n) is 2.76. The zero-order valence-electron chi connectivity index (χ0n) is 13.6. The van der Waals surface area contributed by atoms with Crippen LogP contribution in [0.3, 0.4) is 0 Å². The molecule has 0 atom stereocenters. The van der Waals surface area contributed by atoms with Crippen LogP contribution in [0.5, 0.6) is 5.75 Å². The first kappa shape index (κ1) is 15.6. The average Bonchev–Trinajstić information content (AvgIpc) is 2.95. The predicted molar refractivity (Wildman–Crippen MR) is 86.9 cm³/mol. The highest BCUT2D eigenvalue weighted by molar-refractivity contribution is 6.04. The number of ether oxygens (including phenoxy) is 2. The van der Waals surface area contributed by atoms with E-state index < -0.39 is 0 Å². The molecule has 0 fully saturated rings. The molecule has 1 aromatic carbocycles. The van der Waals surface area contributed by atoms with Crippen molar-refractivity contribution in [2.75, 3.05) is 19.0 Å². The number of benzene rings is 1. The lowest BCUT2D eigenvalue weighted by Gasteiger charge is -2.16. The van der Waals surface area contributed by atoms with E-state index in [1.54, 1.807) is 13.2 Å². The Hall–Kier alpha value is -2.34. The molecule has 1 aliphatic rings. The molecular formula is C17H21N3O3. The number of nitrogens with one attached hydrogen (secondary N) is 1. The highest BCUT2D eigenvalue weighted by Gasteiger charge is 2.26. The highest BCUT2D eigenvalue weighted by atomic mass is 16.5. The van der Waals surface area contributed by atoms with Crippen molar-refractivity contribution in [1.29, 1.82) is 0 Å². The van der Waals surface area contributed by atoms with Crippen LogP contribution in [0.15, 0.2) is 24.3 Å². The molecule has 1 N–H and O–H groups in total. The molecule has 1 aliphatic heterocycles. The summed E-state index contributed by atoms with van der Waals surface area (Å²) in [5.41, 5.74) is 3.11. The molecule has 2 aromatic rings. The van der Waals surface area contributed by atoms with Crippen LogP contribution < -0.4 is 10.1 Å². The van der Waals surface area contributed by atoms with E-state index in [1.165, 1.54) is 0 Å². The maximum Gasteiger partial charge on any atom is 0.276 e. The molecule has 0 saturated heterocycles. The number of methoxy groups -OCH3 is 1. The summed E-state index contributed by atoms with van der Waals surface area (Å²) in [6, 6.07) is 7.47. The summed E-state index contributed by atoms with van der Waals surface area (Å²) in [6.45, 7) is 5.23. The van der Waals surface area contributed by atoms with Gasteiger partial charge in [-0.15, -0.1) is 0 Å². The number of hydrogen-bond acceptors (Lipinski definition) is 4. The Morgan fingerprint density at radius 1 is 1.43 bits per heavy atom. The van der Waals surface area contributed by atoms with Crippen LogP contribution in [-0.4, -0.2) is 29.4 Å². The number of hydrogen-bond donors (Lipinski definition) is 1. The minimum atomic E-state index is -0.223. The Labute approximate surface area is 135 Å². The fourth-order valence-corrected chi connectivity index (χ4v) is 2.76. The number of fused-ring (bicyclic) bond motifs is 1. The summed E-state index contributed by atoms with van der Waals surface area (Å²) in [5, 5.41) is 7.41. The SMILES string of the molecule is COc1cccc(NC(=O)c2nn(C(C)C)c3c2COCC3)c1. The monoisotopic (exact) mass is 315 g/mol. The molecule has 0 aliphatic carbocycles. The van der Waals surface area contributed by atoms with Gasteiger partial charge in [0.15, 0.2) is 5.69 Å². The molecule has 0 saturated carbocycles. The first-order chi connectivity index (χ1) is 11.1. The van der Waals surface area contributed by atoms with Gasteiger partial charge in [0.2, 0.25) is 0 Å². The third-order valence-electron chi connectivity index (χ3n) is 3.88. The van der Waals surface area contributed by atoms with Crippen LogP contribution in [0.2, 0.25) is 0 Å². The standard InChI is InChI=1S/C17H21N3O3/c1-11(2)20-15-7-8-23-10-14(15)16(19-20)17(21)18-12-5-4-6-13(9-12)22-3/h4-6,9,11H,7-8,10H2,1-3H3,(H,18,21). The third-order valence-corrected chi connectivity index (χ3v) is 3.88. The molecule has 122 valence electrons. The molecule has 6 nitrogen and oxygen atoms in total. The van der Waals surface area contributed by atoms with E-state index >= 15 is 0 Å². The normalized spacial score (nSPS) is 13.7. The molecule has 0 radical (unpaired) electrons. The number of carbonyl (C=O) groups is 1. The molecule has 1 aromatic heterocycles. The van der Waals surface area contributed by atoms with Crippen molar-refractivity contribution in [3.63, 3.8) is 0 Å². The Morgan fingerprint density at radius 3 is 3.00 bits per heavy atom. The highest BCUT2D eigenvalue weighted by Crippen LogP contribution is 2.25. The summed E-state index contributed by atoms with van der Waals surface area (Å²) >= 11 is 0. The zero-order valence-corrected chi connectivity index (χ0v) is 13.6. The molecular weight excluding hydrogens is 294 g/mol. The van der Waals surface area contributed by atoms with E-state index in [2.05, 4.69) is 24.3 Å². The number of aromatic nitrogens is 2. The fraction of sp³-hybridized carbons (Fsp3) is 0.412. The van der Waals surface area contributed by atoms with Crippen molar-refractivity contribution in [3.05, 3.63) is 41.2 Å². The second kappa shape index (κ2) is 6.42. The molecule has 23 heavy (non-hydrogen) atoms. The Kier molecular flexibility index (Phi) is 4.34. The van der Waals surface area contributed by atoms with Crippen molar-refractivity contribution in [2.24, 2.45) is 0 Å². The van der Waals surface area contributed by atoms with Crippen LogP contribution >= 0.6 is 0 Å². The van der Waals surface area contributed by atoms with Gasteiger partial charge < -0.3 is 14.8 Å². The number of rotatable bonds is 4.